The lowest BCUT2D eigenvalue weighted by molar-refractivity contribution is 0.489. The van der Waals surface area contributed by atoms with Gasteiger partial charge in [-0.3, -0.25) is 0 Å². The highest BCUT2D eigenvalue weighted by atomic mass is 35.5. The Morgan fingerprint density at radius 2 is 1.60 bits per heavy atom. The molecule has 0 aliphatic heterocycles. The minimum atomic E-state index is -0.469. The van der Waals surface area contributed by atoms with Crippen LogP contribution in [0.5, 0.6) is 0 Å². The Hall–Kier alpha value is -1.31. The third kappa shape index (κ3) is 3.05. The van der Waals surface area contributed by atoms with Crippen LogP contribution in [0, 0.1) is 20.8 Å². The van der Waals surface area contributed by atoms with Gasteiger partial charge in [-0.25, -0.2) is 0 Å². The van der Waals surface area contributed by atoms with Crippen LogP contribution in [-0.2, 0) is 12.0 Å². The Kier molecular flexibility index (Phi) is 4.22. The second-order valence-electron chi connectivity index (χ2n) is 5.95. The molecule has 0 heterocycles. The predicted octanol–water partition coefficient (Wildman–Crippen LogP) is 4.68. The van der Waals surface area contributed by atoms with Gasteiger partial charge in [0.2, 0.25) is 0 Å². The van der Waals surface area contributed by atoms with E-state index in [2.05, 4.69) is 32.9 Å². The number of hydrogen-bond acceptors (Lipinski definition) is 1. The number of benzene rings is 2. The third-order valence-corrected chi connectivity index (χ3v) is 4.20. The molecule has 2 aromatic rings. The lowest BCUT2D eigenvalue weighted by atomic mass is 9.83. The summed E-state index contributed by atoms with van der Waals surface area (Å²) in [6, 6.07) is 12.3. The largest absolute Gasteiger partial charge is 0.321 e. The number of halogens is 1. The van der Waals surface area contributed by atoms with Gasteiger partial charge in [0.25, 0.3) is 0 Å². The van der Waals surface area contributed by atoms with Gasteiger partial charge in [-0.15, -0.1) is 0 Å². The van der Waals surface area contributed by atoms with E-state index in [0.717, 1.165) is 17.0 Å². The highest BCUT2D eigenvalue weighted by Gasteiger charge is 2.25. The standard InChI is InChI=1S/C18H22ClN/c1-12-9-13(2)15(14(3)10-12)11-18(4,20)16-7-5-6-8-17(16)19/h5-10H,11,20H2,1-4H3. The lowest BCUT2D eigenvalue weighted by Crippen LogP contribution is -2.36. The Morgan fingerprint density at radius 1 is 1.05 bits per heavy atom. The van der Waals surface area contributed by atoms with Crippen molar-refractivity contribution in [1.82, 2.24) is 0 Å². The van der Waals surface area contributed by atoms with Crippen LogP contribution in [0.15, 0.2) is 36.4 Å². The Bertz CT molecular complexity index is 606. The topological polar surface area (TPSA) is 26.0 Å². The van der Waals surface area contributed by atoms with Crippen LogP contribution in [0.2, 0.25) is 5.02 Å². The maximum absolute atomic E-state index is 6.56. The predicted molar refractivity (Wildman–Crippen MR) is 87.3 cm³/mol. The van der Waals surface area contributed by atoms with Gasteiger partial charge in [-0.2, -0.15) is 0 Å². The lowest BCUT2D eigenvalue weighted by Gasteiger charge is -2.28. The molecule has 0 aliphatic carbocycles. The highest BCUT2D eigenvalue weighted by molar-refractivity contribution is 6.31. The van der Waals surface area contributed by atoms with Crippen molar-refractivity contribution in [2.24, 2.45) is 5.73 Å². The fraction of sp³-hybridized carbons (Fsp3) is 0.333. The van der Waals surface area contributed by atoms with Crippen molar-refractivity contribution in [3.8, 4) is 0 Å². The number of rotatable bonds is 3. The van der Waals surface area contributed by atoms with Crippen molar-refractivity contribution in [1.29, 1.82) is 0 Å². The molecule has 0 spiro atoms. The molecule has 0 amide bonds. The van der Waals surface area contributed by atoms with Gasteiger partial charge in [0.05, 0.1) is 0 Å². The van der Waals surface area contributed by atoms with Crippen LogP contribution in [0.3, 0.4) is 0 Å². The van der Waals surface area contributed by atoms with Crippen molar-refractivity contribution in [3.05, 3.63) is 69.2 Å². The summed E-state index contributed by atoms with van der Waals surface area (Å²) in [5.41, 5.74) is 12.3. The summed E-state index contributed by atoms with van der Waals surface area (Å²) in [5, 5.41) is 0.736. The summed E-state index contributed by atoms with van der Waals surface area (Å²) in [6.07, 6.45) is 0.786. The number of aryl methyl sites for hydroxylation is 3. The molecule has 0 saturated heterocycles. The van der Waals surface area contributed by atoms with Crippen LogP contribution in [0.1, 0.15) is 34.7 Å². The zero-order valence-electron chi connectivity index (χ0n) is 12.6. The summed E-state index contributed by atoms with van der Waals surface area (Å²) in [4.78, 5) is 0. The molecule has 0 radical (unpaired) electrons. The molecule has 1 unspecified atom stereocenters. The fourth-order valence-corrected chi connectivity index (χ4v) is 3.23. The van der Waals surface area contributed by atoms with E-state index in [4.69, 9.17) is 17.3 Å². The van der Waals surface area contributed by atoms with Crippen molar-refractivity contribution in [2.45, 2.75) is 39.7 Å². The molecule has 0 saturated carbocycles. The van der Waals surface area contributed by atoms with Crippen LogP contribution in [0.4, 0.5) is 0 Å². The SMILES string of the molecule is Cc1cc(C)c(CC(C)(N)c2ccccc2Cl)c(C)c1. The zero-order valence-corrected chi connectivity index (χ0v) is 13.4. The van der Waals surface area contributed by atoms with E-state index >= 15 is 0 Å². The van der Waals surface area contributed by atoms with E-state index in [1.807, 2.05) is 31.2 Å². The molecule has 2 rings (SSSR count). The number of nitrogens with two attached hydrogens (primary N) is 1. The molecular formula is C18H22ClN. The third-order valence-electron chi connectivity index (χ3n) is 3.87. The first-order valence-electron chi connectivity index (χ1n) is 6.92. The van der Waals surface area contributed by atoms with E-state index in [1.54, 1.807) is 0 Å². The molecule has 0 fully saturated rings. The Balaban J connectivity index is 2.41. The summed E-state index contributed by atoms with van der Waals surface area (Å²) in [7, 11) is 0. The molecule has 0 bridgehead atoms. The molecule has 106 valence electrons. The van der Waals surface area contributed by atoms with Gasteiger partial charge < -0.3 is 5.73 Å². The molecule has 2 heteroatoms. The normalized spacial score (nSPS) is 14.1. The molecule has 2 aromatic carbocycles. The molecule has 2 N–H and O–H groups in total. The molecule has 1 atom stereocenters. The molecule has 0 aromatic heterocycles. The average molecular weight is 288 g/mol. The molecular weight excluding hydrogens is 266 g/mol. The number of hydrogen-bond donors (Lipinski definition) is 1. The second-order valence-corrected chi connectivity index (χ2v) is 6.36. The van der Waals surface area contributed by atoms with Crippen LogP contribution >= 0.6 is 11.6 Å². The monoisotopic (exact) mass is 287 g/mol. The van der Waals surface area contributed by atoms with Crippen LogP contribution < -0.4 is 5.73 Å². The minimum absolute atomic E-state index is 0.469. The van der Waals surface area contributed by atoms with Gasteiger partial charge >= 0.3 is 0 Å². The van der Waals surface area contributed by atoms with Crippen LogP contribution in [-0.4, -0.2) is 0 Å². The molecule has 20 heavy (non-hydrogen) atoms. The van der Waals surface area contributed by atoms with Gasteiger partial charge in [-0.05, 0) is 62.4 Å². The first kappa shape index (κ1) is 15.1. The van der Waals surface area contributed by atoms with Crippen molar-refractivity contribution >= 4 is 11.6 Å². The molecule has 1 nitrogen and oxygen atoms in total. The minimum Gasteiger partial charge on any atom is -0.321 e. The highest BCUT2D eigenvalue weighted by Crippen LogP contribution is 2.31. The van der Waals surface area contributed by atoms with E-state index < -0.39 is 5.54 Å². The van der Waals surface area contributed by atoms with Crippen molar-refractivity contribution < 1.29 is 0 Å². The smallest absolute Gasteiger partial charge is 0.0456 e. The Labute approximate surface area is 126 Å². The zero-order chi connectivity index (χ0) is 14.9. The van der Waals surface area contributed by atoms with E-state index in [1.165, 1.54) is 22.3 Å². The van der Waals surface area contributed by atoms with Gasteiger partial charge in [0.15, 0.2) is 0 Å². The maximum Gasteiger partial charge on any atom is 0.0456 e. The summed E-state index contributed by atoms with van der Waals surface area (Å²) in [6.45, 7) is 8.47. The van der Waals surface area contributed by atoms with Gasteiger partial charge in [0.1, 0.15) is 0 Å². The maximum atomic E-state index is 6.56. The summed E-state index contributed by atoms with van der Waals surface area (Å²) >= 11 is 6.30. The van der Waals surface area contributed by atoms with E-state index in [9.17, 15) is 0 Å². The van der Waals surface area contributed by atoms with Gasteiger partial charge in [-0.1, -0.05) is 47.5 Å². The van der Waals surface area contributed by atoms with Gasteiger partial charge in [0, 0.05) is 10.6 Å². The first-order chi connectivity index (χ1) is 9.31. The van der Waals surface area contributed by atoms with E-state index in [-0.39, 0.29) is 0 Å². The fourth-order valence-electron chi connectivity index (χ4n) is 2.88. The van der Waals surface area contributed by atoms with E-state index in [0.29, 0.717) is 0 Å². The summed E-state index contributed by atoms with van der Waals surface area (Å²) < 4.78 is 0. The quantitative estimate of drug-likeness (QED) is 0.871. The second kappa shape index (κ2) is 5.59. The summed E-state index contributed by atoms with van der Waals surface area (Å²) in [5.74, 6) is 0. The first-order valence-corrected chi connectivity index (χ1v) is 7.29. The Morgan fingerprint density at radius 3 is 2.15 bits per heavy atom. The van der Waals surface area contributed by atoms with Crippen LogP contribution in [0.25, 0.3) is 0 Å². The van der Waals surface area contributed by atoms with Crippen molar-refractivity contribution in [3.63, 3.8) is 0 Å². The van der Waals surface area contributed by atoms with Crippen molar-refractivity contribution in [2.75, 3.05) is 0 Å². The molecule has 0 aliphatic rings. The average Bonchev–Trinajstić information content (AvgIpc) is 2.34.